The van der Waals surface area contributed by atoms with Crippen LogP contribution in [0.1, 0.15) is 54.9 Å². The van der Waals surface area contributed by atoms with Gasteiger partial charge in [-0.1, -0.05) is 75.0 Å². The van der Waals surface area contributed by atoms with Gasteiger partial charge in [-0.15, -0.1) is 0 Å². The fourth-order valence-corrected chi connectivity index (χ4v) is 6.11. The molecule has 9 heteroatoms. The Kier molecular flexibility index (Phi) is 9.48. The molecular formula is C33H42N6O2S. The molecule has 0 N–H and O–H groups in total. The Morgan fingerprint density at radius 2 is 1.43 bits per heavy atom. The van der Waals surface area contributed by atoms with Crippen LogP contribution in [0.15, 0.2) is 65.8 Å². The summed E-state index contributed by atoms with van der Waals surface area (Å²) in [6, 6.07) is 20.7. The Bertz CT molecular complexity index is 1360. The Labute approximate surface area is 254 Å². The zero-order chi connectivity index (χ0) is 29.7. The number of thioether (sulfide) groups is 1. The van der Waals surface area contributed by atoms with Crippen LogP contribution < -0.4 is 4.90 Å². The molecule has 3 aromatic rings. The van der Waals surface area contributed by atoms with Crippen molar-refractivity contribution in [3.05, 3.63) is 83.0 Å². The molecule has 2 amide bonds. The van der Waals surface area contributed by atoms with Crippen LogP contribution in [-0.4, -0.2) is 88.8 Å². The van der Waals surface area contributed by atoms with Crippen LogP contribution in [0.5, 0.6) is 0 Å². The zero-order valence-corrected chi connectivity index (χ0v) is 26.1. The van der Waals surface area contributed by atoms with Crippen LogP contribution in [-0.2, 0) is 22.5 Å². The summed E-state index contributed by atoms with van der Waals surface area (Å²) in [4.78, 5) is 43.0. The molecule has 2 aliphatic rings. The van der Waals surface area contributed by atoms with Crippen molar-refractivity contribution in [3.63, 3.8) is 0 Å². The standard InChI is InChI=1S/C33H42N6O2S/c1-25(40)37-18-20-39(21-19-37)31(41)28-12-10-27(11-13-28)24-42-32-34-29(33(2,3)4)22-30(35-32)38-16-14-36(15-17-38)23-26-8-6-5-7-9-26/h5-13,22H,14-21,23-24H2,1-4H3. The van der Waals surface area contributed by atoms with E-state index in [-0.39, 0.29) is 17.2 Å². The van der Waals surface area contributed by atoms with Gasteiger partial charge in [-0.25, -0.2) is 9.97 Å². The van der Waals surface area contributed by atoms with E-state index in [0.717, 1.165) is 60.7 Å². The van der Waals surface area contributed by atoms with E-state index in [1.807, 2.05) is 29.2 Å². The number of anilines is 1. The number of nitrogens with zero attached hydrogens (tertiary/aromatic N) is 6. The average Bonchev–Trinajstić information content (AvgIpc) is 3.00. The normalized spacial score (nSPS) is 16.5. The third kappa shape index (κ3) is 7.69. The van der Waals surface area contributed by atoms with Crippen molar-refractivity contribution < 1.29 is 9.59 Å². The van der Waals surface area contributed by atoms with E-state index in [4.69, 9.17) is 9.97 Å². The highest BCUT2D eigenvalue weighted by atomic mass is 32.2. The Hall–Kier alpha value is -3.43. The number of hydrogen-bond acceptors (Lipinski definition) is 7. The number of benzene rings is 2. The lowest BCUT2D eigenvalue weighted by Gasteiger charge is -2.36. The second kappa shape index (κ2) is 13.3. The van der Waals surface area contributed by atoms with Crippen LogP contribution in [0.2, 0.25) is 0 Å². The third-order valence-electron chi connectivity index (χ3n) is 7.99. The Morgan fingerprint density at radius 3 is 2.05 bits per heavy atom. The topological polar surface area (TPSA) is 72.9 Å². The quantitative estimate of drug-likeness (QED) is 0.294. The summed E-state index contributed by atoms with van der Waals surface area (Å²) in [5.41, 5.74) is 4.12. The smallest absolute Gasteiger partial charge is 0.253 e. The first-order chi connectivity index (χ1) is 20.2. The van der Waals surface area contributed by atoms with E-state index in [0.29, 0.717) is 31.7 Å². The second-order valence-electron chi connectivity index (χ2n) is 12.2. The van der Waals surface area contributed by atoms with Gasteiger partial charge in [0.15, 0.2) is 5.16 Å². The molecule has 0 bridgehead atoms. The Balaban J connectivity index is 1.20. The average molecular weight is 587 g/mol. The fraction of sp³-hybridized carbons (Fsp3) is 0.455. The molecule has 5 rings (SSSR count). The lowest BCUT2D eigenvalue weighted by atomic mass is 9.92. The lowest BCUT2D eigenvalue weighted by Crippen LogP contribution is -2.50. The molecule has 2 saturated heterocycles. The van der Waals surface area contributed by atoms with Crippen molar-refractivity contribution in [1.82, 2.24) is 24.7 Å². The van der Waals surface area contributed by atoms with Gasteiger partial charge in [0.05, 0.1) is 5.69 Å². The number of carbonyl (C=O) groups is 2. The summed E-state index contributed by atoms with van der Waals surface area (Å²) >= 11 is 1.64. The number of rotatable bonds is 7. The number of piperazine rings is 2. The first-order valence-electron chi connectivity index (χ1n) is 14.8. The molecule has 0 aliphatic carbocycles. The molecule has 222 valence electrons. The first-order valence-corrected chi connectivity index (χ1v) is 15.8. The van der Waals surface area contributed by atoms with E-state index in [2.05, 4.69) is 67.0 Å². The highest BCUT2D eigenvalue weighted by Gasteiger charge is 2.25. The van der Waals surface area contributed by atoms with Gasteiger partial charge in [0, 0.05) is 88.6 Å². The summed E-state index contributed by atoms with van der Waals surface area (Å²) in [6.45, 7) is 15.4. The highest BCUT2D eigenvalue weighted by Crippen LogP contribution is 2.29. The SMILES string of the molecule is CC(=O)N1CCN(C(=O)c2ccc(CSc3nc(N4CCN(Cc5ccccc5)CC4)cc(C(C)(C)C)n3)cc2)CC1. The van der Waals surface area contributed by atoms with Crippen molar-refractivity contribution in [2.75, 3.05) is 57.3 Å². The van der Waals surface area contributed by atoms with Gasteiger partial charge in [-0.2, -0.15) is 0 Å². The van der Waals surface area contributed by atoms with Crippen molar-refractivity contribution in [2.24, 2.45) is 0 Å². The van der Waals surface area contributed by atoms with Gasteiger partial charge < -0.3 is 14.7 Å². The molecule has 0 saturated carbocycles. The van der Waals surface area contributed by atoms with E-state index >= 15 is 0 Å². The monoisotopic (exact) mass is 586 g/mol. The molecule has 0 spiro atoms. The number of amides is 2. The number of aromatic nitrogens is 2. The largest absolute Gasteiger partial charge is 0.354 e. The van der Waals surface area contributed by atoms with Crippen molar-refractivity contribution in [3.8, 4) is 0 Å². The van der Waals surface area contributed by atoms with Crippen molar-refractivity contribution >= 4 is 29.4 Å². The third-order valence-corrected chi connectivity index (χ3v) is 8.91. The summed E-state index contributed by atoms with van der Waals surface area (Å²) in [5, 5.41) is 0.785. The molecular weight excluding hydrogens is 544 g/mol. The summed E-state index contributed by atoms with van der Waals surface area (Å²) in [6.07, 6.45) is 0. The number of hydrogen-bond donors (Lipinski definition) is 0. The molecule has 2 aromatic carbocycles. The van der Waals surface area contributed by atoms with Gasteiger partial charge in [0.1, 0.15) is 5.82 Å². The van der Waals surface area contributed by atoms with Crippen molar-refractivity contribution in [1.29, 1.82) is 0 Å². The molecule has 8 nitrogen and oxygen atoms in total. The second-order valence-corrected chi connectivity index (χ2v) is 13.1. The fourth-order valence-electron chi connectivity index (χ4n) is 5.30. The molecule has 0 atom stereocenters. The van der Waals surface area contributed by atoms with Crippen LogP contribution in [0.3, 0.4) is 0 Å². The molecule has 2 fully saturated rings. The van der Waals surface area contributed by atoms with E-state index in [1.54, 1.807) is 23.6 Å². The Morgan fingerprint density at radius 1 is 0.786 bits per heavy atom. The maximum absolute atomic E-state index is 13.0. The van der Waals surface area contributed by atoms with Gasteiger partial charge in [-0.05, 0) is 23.3 Å². The molecule has 1 aromatic heterocycles. The zero-order valence-electron chi connectivity index (χ0n) is 25.3. The lowest BCUT2D eigenvalue weighted by molar-refractivity contribution is -0.130. The summed E-state index contributed by atoms with van der Waals surface area (Å²) in [5.74, 6) is 1.81. The van der Waals surface area contributed by atoms with Crippen molar-refractivity contribution in [2.45, 2.75) is 50.6 Å². The maximum atomic E-state index is 13.0. The molecule has 2 aliphatic heterocycles. The highest BCUT2D eigenvalue weighted by molar-refractivity contribution is 7.98. The molecule has 0 radical (unpaired) electrons. The first kappa shape index (κ1) is 30.0. The minimum Gasteiger partial charge on any atom is -0.354 e. The predicted octanol–water partition coefficient (Wildman–Crippen LogP) is 4.69. The van der Waals surface area contributed by atoms with Crippen LogP contribution in [0.25, 0.3) is 0 Å². The maximum Gasteiger partial charge on any atom is 0.253 e. The van der Waals surface area contributed by atoms with Crippen LogP contribution in [0, 0.1) is 0 Å². The molecule has 0 unspecified atom stereocenters. The van der Waals surface area contributed by atoms with Gasteiger partial charge in [0.25, 0.3) is 5.91 Å². The molecule has 42 heavy (non-hydrogen) atoms. The van der Waals surface area contributed by atoms with Gasteiger partial charge in [-0.3, -0.25) is 14.5 Å². The van der Waals surface area contributed by atoms with Crippen LogP contribution >= 0.6 is 11.8 Å². The minimum atomic E-state index is -0.0833. The van der Waals surface area contributed by atoms with E-state index in [1.165, 1.54) is 5.56 Å². The summed E-state index contributed by atoms with van der Waals surface area (Å²) in [7, 11) is 0. The minimum absolute atomic E-state index is 0.0205. The van der Waals surface area contributed by atoms with Gasteiger partial charge >= 0.3 is 0 Å². The van der Waals surface area contributed by atoms with Crippen LogP contribution in [0.4, 0.5) is 5.82 Å². The molecule has 3 heterocycles. The van der Waals surface area contributed by atoms with E-state index < -0.39 is 0 Å². The van der Waals surface area contributed by atoms with Gasteiger partial charge in [0.2, 0.25) is 5.91 Å². The number of carbonyl (C=O) groups excluding carboxylic acids is 2. The predicted molar refractivity (Wildman–Crippen MR) is 169 cm³/mol. The van der Waals surface area contributed by atoms with E-state index in [9.17, 15) is 9.59 Å². The summed E-state index contributed by atoms with van der Waals surface area (Å²) < 4.78 is 0.